The molecular weight excluding hydrogens is 288 g/mol. The first-order valence-electron chi connectivity index (χ1n) is 6.70. The molecule has 7 heteroatoms. The van der Waals surface area contributed by atoms with E-state index in [1.807, 2.05) is 26.2 Å². The highest BCUT2D eigenvalue weighted by atomic mass is 32.1. The van der Waals surface area contributed by atoms with Crippen LogP contribution in [0.5, 0.6) is 0 Å². The second kappa shape index (κ2) is 5.33. The molecule has 1 fully saturated rings. The molecule has 1 saturated carbocycles. The van der Waals surface area contributed by atoms with E-state index < -0.39 is 0 Å². The number of aromatic nitrogens is 2. The van der Waals surface area contributed by atoms with Crippen LogP contribution in [-0.4, -0.2) is 21.6 Å². The van der Waals surface area contributed by atoms with Gasteiger partial charge in [0.1, 0.15) is 0 Å². The largest absolute Gasteiger partial charge is 0.279 e. The second-order valence-electron chi connectivity index (χ2n) is 5.25. The third-order valence-electron chi connectivity index (χ3n) is 3.54. The van der Waals surface area contributed by atoms with Crippen LogP contribution >= 0.6 is 11.3 Å². The number of aryl methyl sites for hydroxylation is 2. The van der Waals surface area contributed by atoms with Gasteiger partial charge in [0.25, 0.3) is 5.91 Å². The molecule has 0 aromatic carbocycles. The highest BCUT2D eigenvalue weighted by molar-refractivity contribution is 7.13. The summed E-state index contributed by atoms with van der Waals surface area (Å²) in [5.41, 5.74) is 6.03. The number of rotatable bonds is 3. The highest BCUT2D eigenvalue weighted by Gasteiger charge is 2.44. The Labute approximate surface area is 126 Å². The van der Waals surface area contributed by atoms with Crippen molar-refractivity contribution in [3.8, 4) is 0 Å². The highest BCUT2D eigenvalue weighted by Crippen LogP contribution is 2.47. The van der Waals surface area contributed by atoms with Gasteiger partial charge in [-0.25, -0.2) is 0 Å². The number of carbonyl (C=O) groups is 2. The Balaban J connectivity index is 1.50. The van der Waals surface area contributed by atoms with Crippen molar-refractivity contribution in [2.24, 2.45) is 13.0 Å². The molecule has 0 radical (unpaired) electrons. The van der Waals surface area contributed by atoms with E-state index in [0.717, 1.165) is 16.9 Å². The third kappa shape index (κ3) is 2.97. The van der Waals surface area contributed by atoms with Crippen LogP contribution in [0.4, 0.5) is 0 Å². The van der Waals surface area contributed by atoms with Crippen LogP contribution < -0.4 is 10.9 Å². The average molecular weight is 304 g/mol. The summed E-state index contributed by atoms with van der Waals surface area (Å²) < 4.78 is 1.73. The van der Waals surface area contributed by atoms with Gasteiger partial charge in [0.15, 0.2) is 0 Å². The predicted molar refractivity (Wildman–Crippen MR) is 78.7 cm³/mol. The second-order valence-corrected chi connectivity index (χ2v) is 6.54. The van der Waals surface area contributed by atoms with Gasteiger partial charge in [-0.15, -0.1) is 11.3 Å². The maximum atomic E-state index is 12.0. The Hall–Kier alpha value is -2.15. The number of amides is 2. The van der Waals surface area contributed by atoms with Gasteiger partial charge in [-0.3, -0.25) is 25.1 Å². The quantitative estimate of drug-likeness (QED) is 0.841. The minimum atomic E-state index is -0.278. The molecule has 0 saturated heterocycles. The van der Waals surface area contributed by atoms with Crippen LogP contribution in [0.3, 0.4) is 0 Å². The zero-order chi connectivity index (χ0) is 15.0. The summed E-state index contributed by atoms with van der Waals surface area (Å²) in [4.78, 5) is 25.5. The predicted octanol–water partition coefficient (Wildman–Crippen LogP) is 1.35. The summed E-state index contributed by atoms with van der Waals surface area (Å²) >= 11 is 1.40. The van der Waals surface area contributed by atoms with Crippen LogP contribution in [0.15, 0.2) is 24.5 Å². The SMILES string of the molecule is Cc1ccc(C(=O)NNC(=O)[C@H]2C[C@H]2c2cnn(C)c2)s1. The summed E-state index contributed by atoms with van der Waals surface area (Å²) in [7, 11) is 1.85. The van der Waals surface area contributed by atoms with Crippen LogP contribution in [0, 0.1) is 12.8 Å². The van der Waals surface area contributed by atoms with Crippen LogP contribution in [-0.2, 0) is 11.8 Å². The summed E-state index contributed by atoms with van der Waals surface area (Å²) in [6, 6.07) is 3.62. The van der Waals surface area contributed by atoms with E-state index in [1.165, 1.54) is 11.3 Å². The molecule has 1 aliphatic carbocycles. The Morgan fingerprint density at radius 3 is 2.81 bits per heavy atom. The maximum Gasteiger partial charge on any atom is 0.279 e. The Morgan fingerprint density at radius 1 is 1.38 bits per heavy atom. The normalized spacial score (nSPS) is 20.1. The topological polar surface area (TPSA) is 76.0 Å². The molecule has 2 atom stereocenters. The lowest BCUT2D eigenvalue weighted by molar-refractivity contribution is -0.123. The summed E-state index contributed by atoms with van der Waals surface area (Å²) in [5.74, 6) is -0.301. The van der Waals surface area contributed by atoms with E-state index >= 15 is 0 Å². The number of hydrazine groups is 1. The number of hydrogen-bond donors (Lipinski definition) is 2. The van der Waals surface area contributed by atoms with Crippen molar-refractivity contribution in [3.05, 3.63) is 39.8 Å². The fourth-order valence-corrected chi connectivity index (χ4v) is 3.08. The molecule has 0 bridgehead atoms. The van der Waals surface area contributed by atoms with Crippen molar-refractivity contribution in [1.82, 2.24) is 20.6 Å². The molecule has 2 aromatic heterocycles. The van der Waals surface area contributed by atoms with Crippen molar-refractivity contribution in [3.63, 3.8) is 0 Å². The fraction of sp³-hybridized carbons (Fsp3) is 0.357. The lowest BCUT2D eigenvalue weighted by Crippen LogP contribution is -2.42. The van der Waals surface area contributed by atoms with E-state index in [0.29, 0.717) is 4.88 Å². The molecule has 110 valence electrons. The smallest absolute Gasteiger partial charge is 0.276 e. The fourth-order valence-electron chi connectivity index (χ4n) is 2.31. The molecule has 2 heterocycles. The Morgan fingerprint density at radius 2 is 2.19 bits per heavy atom. The van der Waals surface area contributed by atoms with Crippen LogP contribution in [0.25, 0.3) is 0 Å². The van der Waals surface area contributed by atoms with Crippen LogP contribution in [0.1, 0.15) is 32.5 Å². The monoisotopic (exact) mass is 304 g/mol. The third-order valence-corrected chi connectivity index (χ3v) is 4.54. The van der Waals surface area contributed by atoms with Gasteiger partial charge >= 0.3 is 0 Å². The standard InChI is InChI=1S/C14H16N4O2S/c1-8-3-4-12(21-8)14(20)17-16-13(19)11-5-10(11)9-6-15-18(2)7-9/h3-4,6-7,10-11H,5H2,1-2H3,(H,16,19)(H,17,20)/t10-,11-/m0/s1. The van der Waals surface area contributed by atoms with Crippen molar-refractivity contribution in [2.45, 2.75) is 19.3 Å². The molecule has 2 N–H and O–H groups in total. The molecule has 1 aliphatic rings. The zero-order valence-corrected chi connectivity index (χ0v) is 12.6. The Kier molecular flexibility index (Phi) is 3.50. The maximum absolute atomic E-state index is 12.0. The lowest BCUT2D eigenvalue weighted by atomic mass is 10.2. The molecule has 0 unspecified atom stereocenters. The van der Waals surface area contributed by atoms with Gasteiger partial charge in [0, 0.05) is 24.0 Å². The van der Waals surface area contributed by atoms with E-state index in [9.17, 15) is 9.59 Å². The number of thiophene rings is 1. The molecule has 2 amide bonds. The van der Waals surface area contributed by atoms with Gasteiger partial charge in [-0.2, -0.15) is 5.10 Å². The van der Waals surface area contributed by atoms with E-state index in [4.69, 9.17) is 0 Å². The van der Waals surface area contributed by atoms with E-state index in [2.05, 4.69) is 16.0 Å². The Bertz CT molecular complexity index is 691. The van der Waals surface area contributed by atoms with E-state index in [-0.39, 0.29) is 23.7 Å². The summed E-state index contributed by atoms with van der Waals surface area (Å²) in [6.07, 6.45) is 4.50. The lowest BCUT2D eigenvalue weighted by Gasteiger charge is -2.05. The van der Waals surface area contributed by atoms with Crippen molar-refractivity contribution >= 4 is 23.2 Å². The molecule has 0 aliphatic heterocycles. The first kappa shape index (κ1) is 13.8. The van der Waals surface area contributed by atoms with Gasteiger partial charge in [-0.1, -0.05) is 0 Å². The number of carbonyl (C=O) groups excluding carboxylic acids is 2. The molecular formula is C14H16N4O2S. The minimum absolute atomic E-state index is 0.0837. The minimum Gasteiger partial charge on any atom is -0.276 e. The molecule has 21 heavy (non-hydrogen) atoms. The number of nitrogens with one attached hydrogen (secondary N) is 2. The van der Waals surface area contributed by atoms with Gasteiger partial charge in [0.2, 0.25) is 5.91 Å². The molecule has 2 aromatic rings. The molecule has 0 spiro atoms. The summed E-state index contributed by atoms with van der Waals surface area (Å²) in [6.45, 7) is 1.93. The summed E-state index contributed by atoms with van der Waals surface area (Å²) in [5, 5.41) is 4.10. The first-order chi connectivity index (χ1) is 10.0. The van der Waals surface area contributed by atoms with Crippen LogP contribution in [0.2, 0.25) is 0 Å². The van der Waals surface area contributed by atoms with Crippen molar-refractivity contribution in [1.29, 1.82) is 0 Å². The van der Waals surface area contributed by atoms with Gasteiger partial charge in [-0.05, 0) is 37.0 Å². The first-order valence-corrected chi connectivity index (χ1v) is 7.51. The number of nitrogens with zero attached hydrogens (tertiary/aromatic N) is 2. The van der Waals surface area contributed by atoms with Crippen molar-refractivity contribution in [2.75, 3.05) is 0 Å². The van der Waals surface area contributed by atoms with E-state index in [1.54, 1.807) is 16.9 Å². The molecule has 6 nitrogen and oxygen atoms in total. The number of hydrogen-bond acceptors (Lipinski definition) is 4. The van der Waals surface area contributed by atoms with Crippen molar-refractivity contribution < 1.29 is 9.59 Å². The zero-order valence-electron chi connectivity index (χ0n) is 11.8. The van der Waals surface area contributed by atoms with Gasteiger partial charge in [0.05, 0.1) is 11.1 Å². The van der Waals surface area contributed by atoms with Gasteiger partial charge < -0.3 is 0 Å². The molecule has 3 rings (SSSR count). The average Bonchev–Trinajstić information content (AvgIpc) is 2.95.